The number of nitrogens with one attached hydrogen (secondary N) is 1. The molecule has 2 aliphatic rings. The maximum atomic E-state index is 13.7. The van der Waals surface area contributed by atoms with Crippen LogP contribution in [0.2, 0.25) is 0 Å². The molecule has 2 aromatic rings. The van der Waals surface area contributed by atoms with Crippen LogP contribution >= 0.6 is 0 Å². The van der Waals surface area contributed by atoms with Gasteiger partial charge in [-0.15, -0.1) is 0 Å². The summed E-state index contributed by atoms with van der Waals surface area (Å²) in [5.74, 6) is 1.15. The van der Waals surface area contributed by atoms with Crippen molar-refractivity contribution in [3.8, 4) is 0 Å². The van der Waals surface area contributed by atoms with Gasteiger partial charge in [-0.2, -0.15) is 5.10 Å². The number of halogens is 2. The molecule has 0 unspecified atom stereocenters. The average Bonchev–Trinajstić information content (AvgIpc) is 3.21. The number of anilines is 1. The van der Waals surface area contributed by atoms with E-state index in [9.17, 15) is 13.6 Å². The highest BCUT2D eigenvalue weighted by Crippen LogP contribution is 2.36. The van der Waals surface area contributed by atoms with Crippen LogP contribution in [-0.4, -0.2) is 51.3 Å². The summed E-state index contributed by atoms with van der Waals surface area (Å²) < 4.78 is 33.9. The third-order valence-corrected chi connectivity index (χ3v) is 5.85. The monoisotopic (exact) mass is 393 g/mol. The number of aromatic nitrogens is 3. The van der Waals surface area contributed by atoms with Crippen LogP contribution in [0.1, 0.15) is 52.8 Å². The zero-order chi connectivity index (χ0) is 20.0. The van der Waals surface area contributed by atoms with Crippen LogP contribution in [0.3, 0.4) is 0 Å². The lowest BCUT2D eigenvalue weighted by Gasteiger charge is -2.41. The standard InChI is InChI=1S/C19H25F2N5O2/c1-10-7-16-22-14(8-15(18(20)21)26(16)23-10)13-5-4-6-25(9-13)19(27)17-11(2)24-28-12(17)3/h7,13-15,18,22H,4-6,8-9H2,1-3H3/t13-,14+,15-/m1/s1. The summed E-state index contributed by atoms with van der Waals surface area (Å²) in [5.41, 5.74) is 1.81. The molecule has 28 heavy (non-hydrogen) atoms. The van der Waals surface area contributed by atoms with E-state index < -0.39 is 12.5 Å². The first-order valence-corrected chi connectivity index (χ1v) is 9.68. The van der Waals surface area contributed by atoms with Gasteiger partial charge >= 0.3 is 0 Å². The maximum absolute atomic E-state index is 13.7. The third-order valence-electron chi connectivity index (χ3n) is 5.85. The van der Waals surface area contributed by atoms with E-state index in [2.05, 4.69) is 15.6 Å². The van der Waals surface area contributed by atoms with Crippen molar-refractivity contribution in [2.24, 2.45) is 5.92 Å². The molecule has 1 amide bonds. The number of fused-ring (bicyclic) bond motifs is 1. The number of aryl methyl sites for hydroxylation is 3. The van der Waals surface area contributed by atoms with Crippen LogP contribution in [0, 0.1) is 26.7 Å². The fourth-order valence-corrected chi connectivity index (χ4v) is 4.48. The highest BCUT2D eigenvalue weighted by molar-refractivity contribution is 5.96. The Morgan fingerprint density at radius 1 is 1.36 bits per heavy atom. The summed E-state index contributed by atoms with van der Waals surface area (Å²) >= 11 is 0. The molecule has 0 radical (unpaired) electrons. The molecule has 7 nitrogen and oxygen atoms in total. The predicted molar refractivity (Wildman–Crippen MR) is 98.6 cm³/mol. The van der Waals surface area contributed by atoms with E-state index in [4.69, 9.17) is 4.52 Å². The van der Waals surface area contributed by atoms with Crippen LogP contribution < -0.4 is 5.32 Å². The minimum absolute atomic E-state index is 0.0944. The van der Waals surface area contributed by atoms with Crippen LogP contribution in [0.15, 0.2) is 10.6 Å². The number of carbonyl (C=O) groups excluding carboxylic acids is 1. The first kappa shape index (κ1) is 18.9. The average molecular weight is 393 g/mol. The van der Waals surface area contributed by atoms with Crippen molar-refractivity contribution in [1.82, 2.24) is 19.8 Å². The van der Waals surface area contributed by atoms with Gasteiger partial charge in [0.05, 0.1) is 11.4 Å². The van der Waals surface area contributed by atoms with Gasteiger partial charge in [0, 0.05) is 25.2 Å². The number of likely N-dealkylation sites (tertiary alicyclic amines) is 1. The normalized spacial score (nSPS) is 24.9. The van der Waals surface area contributed by atoms with Crippen LogP contribution in [-0.2, 0) is 0 Å². The van der Waals surface area contributed by atoms with Gasteiger partial charge in [0.25, 0.3) is 12.3 Å². The Hall–Kier alpha value is -2.45. The second kappa shape index (κ2) is 7.18. The van der Waals surface area contributed by atoms with Gasteiger partial charge in [-0.1, -0.05) is 5.16 Å². The van der Waals surface area contributed by atoms with Gasteiger partial charge in [0.15, 0.2) is 0 Å². The number of hydrogen-bond donors (Lipinski definition) is 1. The molecule has 1 fully saturated rings. The fraction of sp³-hybridized carbons (Fsp3) is 0.632. The molecule has 0 saturated carbocycles. The lowest BCUT2D eigenvalue weighted by Crippen LogP contribution is -2.48. The third kappa shape index (κ3) is 3.27. The number of piperidine rings is 1. The van der Waals surface area contributed by atoms with Crippen molar-refractivity contribution in [3.05, 3.63) is 28.8 Å². The SMILES string of the molecule is Cc1cc2n(n1)[C@@H](C(F)F)C[C@@H]([C@@H]1CCCN(C(=O)c3c(C)noc3C)C1)N2. The number of nitrogens with zero attached hydrogens (tertiary/aromatic N) is 4. The van der Waals surface area contributed by atoms with Crippen molar-refractivity contribution < 1.29 is 18.1 Å². The van der Waals surface area contributed by atoms with Crippen LogP contribution in [0.5, 0.6) is 0 Å². The van der Waals surface area contributed by atoms with Gasteiger partial charge in [0.1, 0.15) is 23.2 Å². The van der Waals surface area contributed by atoms with E-state index in [-0.39, 0.29) is 17.9 Å². The summed E-state index contributed by atoms with van der Waals surface area (Å²) in [7, 11) is 0. The molecule has 3 atom stereocenters. The first-order valence-electron chi connectivity index (χ1n) is 9.68. The lowest BCUT2D eigenvalue weighted by molar-refractivity contribution is 0.0504. The number of rotatable bonds is 3. The van der Waals surface area contributed by atoms with Crippen molar-refractivity contribution in [1.29, 1.82) is 0 Å². The fourth-order valence-electron chi connectivity index (χ4n) is 4.48. The molecule has 0 aromatic carbocycles. The van der Waals surface area contributed by atoms with E-state index in [1.165, 1.54) is 4.68 Å². The summed E-state index contributed by atoms with van der Waals surface area (Å²) in [6, 6.07) is 0.739. The van der Waals surface area contributed by atoms with Gasteiger partial charge in [-0.3, -0.25) is 4.79 Å². The molecule has 1 N–H and O–H groups in total. The van der Waals surface area contributed by atoms with Crippen molar-refractivity contribution in [2.45, 2.75) is 58.5 Å². The number of carbonyl (C=O) groups is 1. The van der Waals surface area contributed by atoms with E-state index in [1.807, 2.05) is 0 Å². The van der Waals surface area contributed by atoms with Crippen molar-refractivity contribution in [3.63, 3.8) is 0 Å². The van der Waals surface area contributed by atoms with E-state index in [0.717, 1.165) is 12.8 Å². The van der Waals surface area contributed by atoms with Gasteiger partial charge in [-0.25, -0.2) is 13.5 Å². The minimum Gasteiger partial charge on any atom is -0.367 e. The Kier molecular flexibility index (Phi) is 4.84. The molecular formula is C19H25F2N5O2. The van der Waals surface area contributed by atoms with Crippen molar-refractivity contribution >= 4 is 11.7 Å². The Morgan fingerprint density at radius 3 is 2.82 bits per heavy atom. The highest BCUT2D eigenvalue weighted by atomic mass is 19.3. The molecular weight excluding hydrogens is 368 g/mol. The summed E-state index contributed by atoms with van der Waals surface area (Å²) in [5, 5.41) is 11.5. The number of amides is 1. The molecule has 9 heteroatoms. The Bertz CT molecular complexity index is 858. The Balaban J connectivity index is 1.53. The highest BCUT2D eigenvalue weighted by Gasteiger charge is 2.39. The van der Waals surface area contributed by atoms with Crippen molar-refractivity contribution in [2.75, 3.05) is 18.4 Å². The molecule has 4 rings (SSSR count). The minimum atomic E-state index is -2.48. The van der Waals surface area contributed by atoms with Crippen LogP contribution in [0.4, 0.5) is 14.6 Å². The predicted octanol–water partition coefficient (Wildman–Crippen LogP) is 3.34. The zero-order valence-corrected chi connectivity index (χ0v) is 16.3. The van der Waals surface area contributed by atoms with E-state index in [0.29, 0.717) is 48.0 Å². The summed E-state index contributed by atoms with van der Waals surface area (Å²) in [4.78, 5) is 14.8. The smallest absolute Gasteiger partial charge is 0.260 e. The second-order valence-electron chi connectivity index (χ2n) is 7.86. The molecule has 2 aromatic heterocycles. The number of alkyl halides is 2. The second-order valence-corrected chi connectivity index (χ2v) is 7.86. The molecule has 1 saturated heterocycles. The summed E-state index contributed by atoms with van der Waals surface area (Å²) in [6.45, 7) is 6.47. The molecule has 0 aliphatic carbocycles. The Morgan fingerprint density at radius 2 is 2.14 bits per heavy atom. The zero-order valence-electron chi connectivity index (χ0n) is 16.3. The largest absolute Gasteiger partial charge is 0.367 e. The first-order chi connectivity index (χ1) is 13.3. The van der Waals surface area contributed by atoms with Gasteiger partial charge < -0.3 is 14.7 Å². The van der Waals surface area contributed by atoms with E-state index >= 15 is 0 Å². The maximum Gasteiger partial charge on any atom is 0.260 e. The van der Waals surface area contributed by atoms with Crippen LogP contribution in [0.25, 0.3) is 0 Å². The van der Waals surface area contributed by atoms with E-state index in [1.54, 1.807) is 31.7 Å². The summed E-state index contributed by atoms with van der Waals surface area (Å²) in [6.07, 6.45) is -0.447. The molecule has 0 bridgehead atoms. The van der Waals surface area contributed by atoms with Gasteiger partial charge in [0.2, 0.25) is 0 Å². The molecule has 2 aliphatic heterocycles. The topological polar surface area (TPSA) is 76.2 Å². The molecule has 4 heterocycles. The lowest BCUT2D eigenvalue weighted by atomic mass is 9.85. The van der Waals surface area contributed by atoms with Gasteiger partial charge in [-0.05, 0) is 46.0 Å². The Labute approximate surface area is 162 Å². The molecule has 152 valence electrons. The quantitative estimate of drug-likeness (QED) is 0.866. The number of hydrogen-bond acceptors (Lipinski definition) is 5. The molecule has 0 spiro atoms.